The van der Waals surface area contributed by atoms with Gasteiger partial charge in [-0.3, -0.25) is 0 Å². The molecule has 134 valence electrons. The molecule has 3 aromatic rings. The highest BCUT2D eigenvalue weighted by Gasteiger charge is 2.18. The molecule has 0 aliphatic carbocycles. The molecule has 0 bridgehead atoms. The van der Waals surface area contributed by atoms with E-state index in [1.54, 1.807) is 12.7 Å². The molecule has 1 aromatic carbocycles. The van der Waals surface area contributed by atoms with Gasteiger partial charge in [-0.05, 0) is 19.9 Å². The van der Waals surface area contributed by atoms with Crippen LogP contribution in [0, 0.1) is 0 Å². The van der Waals surface area contributed by atoms with Crippen molar-refractivity contribution in [3.8, 4) is 11.4 Å². The van der Waals surface area contributed by atoms with E-state index in [2.05, 4.69) is 39.8 Å². The fraction of sp³-hybridized carbons (Fsp3) is 0.368. The summed E-state index contributed by atoms with van der Waals surface area (Å²) < 4.78 is 1.85. The molecule has 2 aromatic heterocycles. The summed E-state index contributed by atoms with van der Waals surface area (Å²) in [6.07, 6.45) is 5.16. The van der Waals surface area contributed by atoms with Crippen LogP contribution in [0.1, 0.15) is 24.2 Å². The largest absolute Gasteiger partial charge is 0.368 e. The SMILES string of the molecule is C[C@@H](CNc1nc(-c2ccccc2)nc2c1CCNCC2)n1cncn1. The lowest BCUT2D eigenvalue weighted by molar-refractivity contribution is 0.510. The maximum Gasteiger partial charge on any atom is 0.161 e. The molecule has 0 spiro atoms. The smallest absolute Gasteiger partial charge is 0.161 e. The number of hydrogen-bond donors (Lipinski definition) is 2. The molecule has 7 nitrogen and oxygen atoms in total. The summed E-state index contributed by atoms with van der Waals surface area (Å²) in [6.45, 7) is 4.75. The minimum absolute atomic E-state index is 0.187. The Balaban J connectivity index is 1.65. The molecule has 1 aliphatic rings. The number of fused-ring (bicyclic) bond motifs is 1. The van der Waals surface area contributed by atoms with Gasteiger partial charge in [-0.15, -0.1) is 0 Å². The second kappa shape index (κ2) is 7.61. The van der Waals surface area contributed by atoms with E-state index in [0.29, 0.717) is 0 Å². The zero-order valence-electron chi connectivity index (χ0n) is 14.9. The Labute approximate surface area is 152 Å². The first-order chi connectivity index (χ1) is 12.8. The van der Waals surface area contributed by atoms with Gasteiger partial charge in [-0.2, -0.15) is 5.10 Å². The van der Waals surface area contributed by atoms with E-state index in [1.165, 1.54) is 5.56 Å². The molecule has 0 saturated heterocycles. The van der Waals surface area contributed by atoms with Crippen molar-refractivity contribution in [2.24, 2.45) is 0 Å². The van der Waals surface area contributed by atoms with Gasteiger partial charge in [-0.25, -0.2) is 19.6 Å². The predicted octanol–water partition coefficient (Wildman–Crippen LogP) is 2.10. The molecule has 0 radical (unpaired) electrons. The highest BCUT2D eigenvalue weighted by molar-refractivity contribution is 5.60. The molecule has 0 saturated carbocycles. The fourth-order valence-corrected chi connectivity index (χ4v) is 3.19. The van der Waals surface area contributed by atoms with Crippen molar-refractivity contribution < 1.29 is 0 Å². The summed E-state index contributed by atoms with van der Waals surface area (Å²) in [4.78, 5) is 13.7. The minimum Gasteiger partial charge on any atom is -0.368 e. The lowest BCUT2D eigenvalue weighted by Crippen LogP contribution is -2.19. The first kappa shape index (κ1) is 16.7. The fourth-order valence-electron chi connectivity index (χ4n) is 3.19. The zero-order valence-corrected chi connectivity index (χ0v) is 14.9. The van der Waals surface area contributed by atoms with Crippen LogP contribution in [0.2, 0.25) is 0 Å². The Morgan fingerprint density at radius 2 is 2.00 bits per heavy atom. The van der Waals surface area contributed by atoms with Crippen LogP contribution < -0.4 is 10.6 Å². The van der Waals surface area contributed by atoms with E-state index in [4.69, 9.17) is 9.97 Å². The van der Waals surface area contributed by atoms with Crippen LogP contribution in [-0.4, -0.2) is 44.4 Å². The third kappa shape index (κ3) is 3.57. The van der Waals surface area contributed by atoms with Crippen LogP contribution in [0.4, 0.5) is 5.82 Å². The molecule has 26 heavy (non-hydrogen) atoms. The summed E-state index contributed by atoms with van der Waals surface area (Å²) in [5.41, 5.74) is 3.40. The van der Waals surface area contributed by atoms with E-state index in [1.807, 2.05) is 22.9 Å². The number of nitrogens with one attached hydrogen (secondary N) is 2. The molecule has 0 fully saturated rings. The monoisotopic (exact) mass is 349 g/mol. The van der Waals surface area contributed by atoms with Crippen molar-refractivity contribution in [1.82, 2.24) is 30.0 Å². The number of aromatic nitrogens is 5. The van der Waals surface area contributed by atoms with Gasteiger partial charge in [0.25, 0.3) is 0 Å². The first-order valence-corrected chi connectivity index (χ1v) is 9.05. The van der Waals surface area contributed by atoms with E-state index >= 15 is 0 Å². The second-order valence-electron chi connectivity index (χ2n) is 6.54. The van der Waals surface area contributed by atoms with Crippen molar-refractivity contribution in [1.29, 1.82) is 0 Å². The summed E-state index contributed by atoms with van der Waals surface area (Å²) in [5.74, 6) is 1.71. The van der Waals surface area contributed by atoms with Gasteiger partial charge in [0, 0.05) is 30.6 Å². The summed E-state index contributed by atoms with van der Waals surface area (Å²) in [7, 11) is 0. The zero-order chi connectivity index (χ0) is 17.8. The Bertz CT molecular complexity index is 846. The first-order valence-electron chi connectivity index (χ1n) is 9.05. The lowest BCUT2D eigenvalue weighted by Gasteiger charge is -2.17. The van der Waals surface area contributed by atoms with Gasteiger partial charge in [0.2, 0.25) is 0 Å². The van der Waals surface area contributed by atoms with Crippen molar-refractivity contribution in [2.45, 2.75) is 25.8 Å². The van der Waals surface area contributed by atoms with Gasteiger partial charge in [0.15, 0.2) is 5.82 Å². The van der Waals surface area contributed by atoms with Crippen molar-refractivity contribution in [2.75, 3.05) is 25.0 Å². The topological polar surface area (TPSA) is 80.5 Å². The van der Waals surface area contributed by atoms with E-state index in [-0.39, 0.29) is 6.04 Å². The number of nitrogens with zero attached hydrogens (tertiary/aromatic N) is 5. The van der Waals surface area contributed by atoms with Crippen molar-refractivity contribution in [3.05, 3.63) is 54.2 Å². The quantitative estimate of drug-likeness (QED) is 0.734. The van der Waals surface area contributed by atoms with Crippen LogP contribution in [0.15, 0.2) is 43.0 Å². The summed E-state index contributed by atoms with van der Waals surface area (Å²) in [5, 5.41) is 11.2. The molecule has 0 amide bonds. The number of anilines is 1. The Morgan fingerprint density at radius 1 is 1.15 bits per heavy atom. The Kier molecular flexibility index (Phi) is 4.88. The van der Waals surface area contributed by atoms with Gasteiger partial charge >= 0.3 is 0 Å². The summed E-state index contributed by atoms with van der Waals surface area (Å²) >= 11 is 0. The van der Waals surface area contributed by atoms with Crippen molar-refractivity contribution >= 4 is 5.82 Å². The minimum atomic E-state index is 0.187. The van der Waals surface area contributed by atoms with Gasteiger partial charge in [0.1, 0.15) is 18.5 Å². The molecule has 1 atom stereocenters. The molecular weight excluding hydrogens is 326 g/mol. The second-order valence-corrected chi connectivity index (χ2v) is 6.54. The third-order valence-corrected chi connectivity index (χ3v) is 4.67. The number of rotatable bonds is 5. The molecule has 4 rings (SSSR count). The lowest BCUT2D eigenvalue weighted by atomic mass is 10.1. The Hall–Kier alpha value is -2.80. The van der Waals surface area contributed by atoms with E-state index < -0.39 is 0 Å². The van der Waals surface area contributed by atoms with Gasteiger partial charge in [0.05, 0.1) is 11.7 Å². The highest BCUT2D eigenvalue weighted by Crippen LogP contribution is 2.24. The molecule has 1 aliphatic heterocycles. The molecule has 3 heterocycles. The standard InChI is InChI=1S/C19H23N7/c1-14(26-13-21-12-23-26)11-22-19-16-7-9-20-10-8-17(16)24-18(25-19)15-5-3-2-4-6-15/h2-6,12-14,20H,7-11H2,1H3,(H,22,24,25)/t14-/m0/s1. The van der Waals surface area contributed by atoms with Crippen LogP contribution in [0.5, 0.6) is 0 Å². The average Bonchev–Trinajstić information content (AvgIpc) is 3.12. The van der Waals surface area contributed by atoms with Crippen LogP contribution in [0.3, 0.4) is 0 Å². The predicted molar refractivity (Wildman–Crippen MR) is 101 cm³/mol. The van der Waals surface area contributed by atoms with Crippen LogP contribution >= 0.6 is 0 Å². The summed E-state index contributed by atoms with van der Waals surface area (Å²) in [6, 6.07) is 10.3. The maximum absolute atomic E-state index is 4.86. The van der Waals surface area contributed by atoms with Crippen molar-refractivity contribution in [3.63, 3.8) is 0 Å². The average molecular weight is 349 g/mol. The van der Waals surface area contributed by atoms with Gasteiger partial charge in [-0.1, -0.05) is 30.3 Å². The van der Waals surface area contributed by atoms with E-state index in [0.717, 1.165) is 55.4 Å². The van der Waals surface area contributed by atoms with E-state index in [9.17, 15) is 0 Å². The molecule has 2 N–H and O–H groups in total. The van der Waals surface area contributed by atoms with Crippen LogP contribution in [-0.2, 0) is 12.8 Å². The third-order valence-electron chi connectivity index (χ3n) is 4.67. The molecule has 7 heteroatoms. The molecule has 0 unspecified atom stereocenters. The number of benzene rings is 1. The number of hydrogen-bond acceptors (Lipinski definition) is 6. The maximum atomic E-state index is 4.86. The molecular formula is C19H23N7. The normalized spacial score (nSPS) is 15.1. The Morgan fingerprint density at radius 3 is 2.81 bits per heavy atom. The highest BCUT2D eigenvalue weighted by atomic mass is 15.3. The van der Waals surface area contributed by atoms with Crippen LogP contribution in [0.25, 0.3) is 11.4 Å². The van der Waals surface area contributed by atoms with Gasteiger partial charge < -0.3 is 10.6 Å².